The Hall–Kier alpha value is -11.0. The molecule has 14 rings (SSSR count). The van der Waals surface area contributed by atoms with Crippen molar-refractivity contribution in [2.45, 2.75) is 215 Å². The summed E-state index contributed by atoms with van der Waals surface area (Å²) in [4.78, 5) is 147. The van der Waals surface area contributed by atoms with Crippen LogP contribution in [0.25, 0.3) is 0 Å². The number of aromatic nitrogens is 6. The van der Waals surface area contributed by atoms with Gasteiger partial charge in [-0.25, -0.2) is 19.0 Å². The van der Waals surface area contributed by atoms with Crippen LogP contribution in [0.5, 0.6) is 11.5 Å². The van der Waals surface area contributed by atoms with E-state index in [0.717, 1.165) is 74.9 Å². The van der Waals surface area contributed by atoms with Gasteiger partial charge in [0.1, 0.15) is 84.4 Å². The smallest absolute Gasteiger partial charge is 0.416 e. The van der Waals surface area contributed by atoms with Crippen LogP contribution < -0.4 is 52.0 Å². The molecule has 6 aromatic rings. The number of carbonyl (C=O) groups excluding carboxylic acids is 8. The summed E-state index contributed by atoms with van der Waals surface area (Å²) in [6.07, 6.45) is -2.03. The van der Waals surface area contributed by atoms with Crippen molar-refractivity contribution < 1.29 is 94.0 Å². The van der Waals surface area contributed by atoms with Gasteiger partial charge in [-0.3, -0.25) is 38.4 Å². The molecule has 0 radical (unpaired) electrons. The van der Waals surface area contributed by atoms with E-state index in [1.807, 2.05) is 0 Å². The highest BCUT2D eigenvalue weighted by molar-refractivity contribution is 5.98. The molecule has 0 spiro atoms. The quantitative estimate of drug-likeness (QED) is 0.0564. The van der Waals surface area contributed by atoms with E-state index < -0.39 is 168 Å². The number of hydrogen-bond acceptors (Lipinski definition) is 18. The fourth-order valence-electron chi connectivity index (χ4n) is 15.3. The molecule has 2 saturated heterocycles. The number of carboxylic acids is 2. The molecule has 4 fully saturated rings. The Morgan fingerprint density at radius 2 is 0.886 bits per heavy atom. The lowest BCUT2D eigenvalue weighted by atomic mass is 9.83. The molecule has 8 heterocycles. The zero-order chi connectivity index (χ0) is 81.7. The highest BCUT2D eigenvalue weighted by Crippen LogP contribution is 2.37. The van der Waals surface area contributed by atoms with Crippen molar-refractivity contribution in [3.63, 3.8) is 0 Å². The molecule has 114 heavy (non-hydrogen) atoms. The minimum atomic E-state index is -4.83. The van der Waals surface area contributed by atoms with E-state index in [1.54, 1.807) is 27.9 Å². The highest BCUT2D eigenvalue weighted by Gasteiger charge is 2.49. The Labute approximate surface area is 652 Å². The third kappa shape index (κ3) is 21.4. The summed E-state index contributed by atoms with van der Waals surface area (Å²) in [5.41, 5.74) is -1.12. The number of rotatable bonds is 16. The molecular formula is C78H94F6N16O14. The fourth-order valence-corrected chi connectivity index (χ4v) is 15.3. The second-order valence-corrected chi connectivity index (χ2v) is 30.0. The predicted molar refractivity (Wildman–Crippen MR) is 395 cm³/mol. The van der Waals surface area contributed by atoms with Crippen LogP contribution in [0.15, 0.2) is 109 Å². The molecule has 8 aliphatic rings. The first kappa shape index (κ1) is 83.9. The first-order valence-corrected chi connectivity index (χ1v) is 38.2. The number of amides is 8. The lowest BCUT2D eigenvalue weighted by Crippen LogP contribution is -2.60. The number of hydrogen-bond donors (Lipinski definition) is 10. The standard InChI is InChI=1S/C78H94F6N16O14/c1-43(85-3)67(101)91-65(49-15-7-5-8-16-49)73(107)97-39-55-35-63(97)71(105)87-59(33-47-13-11-19-51(29-47)77(79,80)81)69(103)89-61(75(109)110)31-45-23-27-58(28-24-45)114-42-54-38-100(96-94-54)56-36-64(98(40-56)74(108)66(50-17-9-6-10-18-50)92-68(102)44(2)86-4)72(106)88-60(34-48-14-12-20-52(30-48)78(82,83)84)70(104)90-62(76(111)112)32-46-21-25-57(26-22-46)113-41-53-37-99(55)95-93-53/h11-14,19-30,37-38,43-44,49-50,55-56,59-66,85-86H,5-10,15-18,31-36,39-42H2,1-4H3,(H,87,105)(H,88,106)(H,89,103)(H,90,104)(H,91,101)(H,92,102)(H,109,110)(H,111,112). The molecule has 10 N–H and O–H groups in total. The van der Waals surface area contributed by atoms with Crippen LogP contribution in [0.2, 0.25) is 0 Å². The molecule has 12 atom stereocenters. The van der Waals surface area contributed by atoms with Crippen LogP contribution in [0.3, 0.4) is 0 Å². The number of carboxylic acid groups (broad SMARTS) is 2. The number of alkyl halides is 6. The van der Waals surface area contributed by atoms with Crippen LogP contribution in [-0.2, 0) is 99.2 Å². The summed E-state index contributed by atoms with van der Waals surface area (Å²) in [6.45, 7) is 2.30. The van der Waals surface area contributed by atoms with Gasteiger partial charge in [-0.15, -0.1) is 10.2 Å². The second kappa shape index (κ2) is 37.3. The number of likely N-dealkylation sites (N-methyl/N-ethyl adjacent to an activating group) is 2. The summed E-state index contributed by atoms with van der Waals surface area (Å²) in [5.74, 6) is -9.70. The van der Waals surface area contributed by atoms with Crippen molar-refractivity contribution in [3.8, 4) is 11.5 Å². The Kier molecular flexibility index (Phi) is 27.4. The van der Waals surface area contributed by atoms with E-state index in [-0.39, 0.29) is 97.8 Å². The maximum absolute atomic E-state index is 15.4. The Balaban J connectivity index is 0.926. The summed E-state index contributed by atoms with van der Waals surface area (Å²) in [5, 5.41) is 60.5. The number of aliphatic carboxylic acids is 2. The monoisotopic (exact) mass is 1590 g/mol. The van der Waals surface area contributed by atoms with Crippen LogP contribution >= 0.6 is 0 Å². The van der Waals surface area contributed by atoms with E-state index in [1.165, 1.54) is 92.2 Å². The molecule has 612 valence electrons. The minimum Gasteiger partial charge on any atom is -0.487 e. The van der Waals surface area contributed by atoms with Crippen LogP contribution in [-0.4, -0.2) is 197 Å². The summed E-state index contributed by atoms with van der Waals surface area (Å²) in [7, 11) is 3.14. The Bertz CT molecular complexity index is 4140. The van der Waals surface area contributed by atoms with Gasteiger partial charge in [0.05, 0.1) is 47.7 Å². The third-order valence-electron chi connectivity index (χ3n) is 22.0. The van der Waals surface area contributed by atoms with E-state index in [2.05, 4.69) is 63.2 Å². The van der Waals surface area contributed by atoms with Gasteiger partial charge in [0, 0.05) is 51.6 Å². The largest absolute Gasteiger partial charge is 0.487 e. The normalized spacial score (nSPS) is 23.2. The average molecular weight is 1590 g/mol. The van der Waals surface area contributed by atoms with Gasteiger partial charge in [-0.1, -0.05) is 110 Å². The number of likely N-dealkylation sites (tertiary alicyclic amines) is 2. The molecule has 2 aromatic heterocycles. The highest BCUT2D eigenvalue weighted by atomic mass is 19.4. The van der Waals surface area contributed by atoms with Crippen LogP contribution in [0.1, 0.15) is 148 Å². The molecule has 2 aliphatic carbocycles. The number of carbonyl (C=O) groups is 10. The van der Waals surface area contributed by atoms with Crippen molar-refractivity contribution in [1.29, 1.82) is 0 Å². The lowest BCUT2D eigenvalue weighted by Gasteiger charge is -2.35. The molecule has 12 bridgehead atoms. The Morgan fingerprint density at radius 3 is 1.23 bits per heavy atom. The average Bonchev–Trinajstić information content (AvgIpc) is 1.63. The first-order valence-electron chi connectivity index (χ1n) is 38.2. The molecular weight excluding hydrogens is 1500 g/mol. The van der Waals surface area contributed by atoms with Crippen molar-refractivity contribution in [1.82, 2.24) is 82.3 Å². The SMILES string of the molecule is CNC(C)C(=O)NC(C(=O)N1CC2CC1C(=O)NC(Cc1cccc(C(F)(F)F)c1)C(=O)NC(C(=O)O)Cc1ccc(cc1)OCc1cn(nn1)C1CC(C(=O)NC(Cc3cccc(C(F)(F)F)c3)C(=O)NC(C(=O)O)Cc3ccc(cc3)OCc3cn2nn3)N(C(=O)C(NC(=O)C(C)NC)C2CCCCC2)C1)C1CCCCC1. The lowest BCUT2D eigenvalue weighted by molar-refractivity contribution is -0.144. The zero-order valence-electron chi connectivity index (χ0n) is 63.3. The number of nitrogens with zero attached hydrogens (tertiary/aromatic N) is 8. The van der Waals surface area contributed by atoms with E-state index >= 15 is 19.2 Å². The summed E-state index contributed by atoms with van der Waals surface area (Å²) >= 11 is 0. The van der Waals surface area contributed by atoms with Gasteiger partial charge in [0.25, 0.3) is 0 Å². The van der Waals surface area contributed by atoms with Crippen molar-refractivity contribution in [3.05, 3.63) is 154 Å². The zero-order valence-corrected chi connectivity index (χ0v) is 63.3. The van der Waals surface area contributed by atoms with E-state index in [0.29, 0.717) is 36.8 Å². The number of halogens is 6. The van der Waals surface area contributed by atoms with Gasteiger partial charge in [-0.05, 0) is 124 Å². The summed E-state index contributed by atoms with van der Waals surface area (Å²) in [6, 6.07) is 4.79. The Morgan fingerprint density at radius 1 is 0.518 bits per heavy atom. The fraction of sp³-hybridized carbons (Fsp3) is 0.513. The molecule has 36 heteroatoms. The molecule has 8 amide bonds. The van der Waals surface area contributed by atoms with Gasteiger partial charge in [-0.2, -0.15) is 26.3 Å². The van der Waals surface area contributed by atoms with Crippen LogP contribution in [0.4, 0.5) is 26.3 Å². The van der Waals surface area contributed by atoms with E-state index in [9.17, 15) is 65.3 Å². The van der Waals surface area contributed by atoms with Crippen molar-refractivity contribution in [2.75, 3.05) is 27.2 Å². The minimum absolute atomic E-state index is 0.0683. The second-order valence-electron chi connectivity index (χ2n) is 30.0. The van der Waals surface area contributed by atoms with Crippen LogP contribution in [0, 0.1) is 11.8 Å². The maximum Gasteiger partial charge on any atom is 0.416 e. The maximum atomic E-state index is 15.4. The van der Waals surface area contributed by atoms with Gasteiger partial charge in [0.2, 0.25) is 47.3 Å². The number of ether oxygens (including phenoxy) is 2. The van der Waals surface area contributed by atoms with Crippen molar-refractivity contribution >= 4 is 59.2 Å². The van der Waals surface area contributed by atoms with Gasteiger partial charge in [0.15, 0.2) is 0 Å². The topological polar surface area (TPSA) is 394 Å². The molecule has 12 unspecified atom stereocenters. The molecule has 6 aliphatic heterocycles. The molecule has 4 aromatic carbocycles. The third-order valence-corrected chi connectivity index (χ3v) is 22.0. The molecule has 2 saturated carbocycles. The van der Waals surface area contributed by atoms with Gasteiger partial charge >= 0.3 is 24.3 Å². The predicted octanol–water partition coefficient (Wildman–Crippen LogP) is 5.09. The van der Waals surface area contributed by atoms with Crippen molar-refractivity contribution in [2.24, 2.45) is 11.8 Å². The molecule has 30 nitrogen and oxygen atoms in total. The van der Waals surface area contributed by atoms with E-state index in [4.69, 9.17) is 9.47 Å². The number of benzene rings is 4. The first-order chi connectivity index (χ1) is 54.4. The number of nitrogens with one attached hydrogen (secondary N) is 8. The summed E-state index contributed by atoms with van der Waals surface area (Å²) < 4.78 is 101. The van der Waals surface area contributed by atoms with Gasteiger partial charge < -0.3 is 72.0 Å².